The van der Waals surface area contributed by atoms with Gasteiger partial charge in [0.1, 0.15) is 0 Å². The first-order valence-electron chi connectivity index (χ1n) is 5.51. The first-order valence-corrected chi connectivity index (χ1v) is 6.30. The van der Waals surface area contributed by atoms with E-state index in [1.165, 1.54) is 18.6 Å². The minimum absolute atomic E-state index is 0.0132. The van der Waals surface area contributed by atoms with Crippen molar-refractivity contribution >= 4 is 15.9 Å². The summed E-state index contributed by atoms with van der Waals surface area (Å²) in [5, 5.41) is 0. The molecule has 2 nitrogen and oxygen atoms in total. The van der Waals surface area contributed by atoms with Crippen molar-refractivity contribution in [2.75, 3.05) is 0 Å². The minimum Gasteiger partial charge on any atom is -0.472 e. The first-order chi connectivity index (χ1) is 8.88. The summed E-state index contributed by atoms with van der Waals surface area (Å²) >= 11 is 2.90. The minimum atomic E-state index is -4.40. The highest BCUT2D eigenvalue weighted by molar-refractivity contribution is 9.10. The maximum absolute atomic E-state index is 12.8. The van der Waals surface area contributed by atoms with Gasteiger partial charge in [0.2, 0.25) is 0 Å². The molecular formula is C13H11BrF3NO. The molecule has 0 aliphatic heterocycles. The van der Waals surface area contributed by atoms with Crippen molar-refractivity contribution in [1.29, 1.82) is 0 Å². The number of alkyl halides is 3. The van der Waals surface area contributed by atoms with Gasteiger partial charge in [0.25, 0.3) is 0 Å². The van der Waals surface area contributed by atoms with E-state index in [1.807, 2.05) is 0 Å². The lowest BCUT2D eigenvalue weighted by molar-refractivity contribution is -0.138. The van der Waals surface area contributed by atoms with Gasteiger partial charge in [-0.2, -0.15) is 13.2 Å². The molecule has 2 aromatic rings. The summed E-state index contributed by atoms with van der Waals surface area (Å²) in [5.41, 5.74) is 6.50. The van der Waals surface area contributed by atoms with Crippen LogP contribution in [0.15, 0.2) is 45.7 Å². The Labute approximate surface area is 116 Å². The summed E-state index contributed by atoms with van der Waals surface area (Å²) in [5.74, 6) is 0. The molecule has 1 aromatic heterocycles. The van der Waals surface area contributed by atoms with E-state index in [-0.39, 0.29) is 4.47 Å². The van der Waals surface area contributed by atoms with Gasteiger partial charge in [0.05, 0.1) is 18.1 Å². The van der Waals surface area contributed by atoms with Crippen LogP contribution < -0.4 is 5.73 Å². The molecule has 0 fully saturated rings. The van der Waals surface area contributed by atoms with E-state index >= 15 is 0 Å². The van der Waals surface area contributed by atoms with E-state index in [0.29, 0.717) is 12.0 Å². The maximum Gasteiger partial charge on any atom is 0.417 e. The Bertz CT molecular complexity index is 552. The lowest BCUT2D eigenvalue weighted by Crippen LogP contribution is -2.15. The molecule has 1 aromatic carbocycles. The molecule has 1 heterocycles. The molecule has 0 radical (unpaired) electrons. The van der Waals surface area contributed by atoms with Crippen LogP contribution >= 0.6 is 15.9 Å². The highest BCUT2D eigenvalue weighted by Gasteiger charge is 2.33. The molecule has 0 aliphatic rings. The molecule has 0 aliphatic carbocycles. The normalized spacial score (nSPS) is 13.5. The largest absolute Gasteiger partial charge is 0.472 e. The standard InChI is InChI=1S/C13H11BrF3NO/c14-11-2-1-9(6-10(11)13(15,16)17)12(18)5-8-3-4-19-7-8/h1-4,6-7,12H,5,18H2. The Morgan fingerprint density at radius 3 is 2.58 bits per heavy atom. The molecule has 1 unspecified atom stereocenters. The van der Waals surface area contributed by atoms with E-state index in [4.69, 9.17) is 10.2 Å². The summed E-state index contributed by atoms with van der Waals surface area (Å²) in [6.45, 7) is 0. The van der Waals surface area contributed by atoms with Crippen molar-refractivity contribution in [3.05, 3.63) is 58.0 Å². The average molecular weight is 334 g/mol. The molecule has 0 saturated heterocycles. The third kappa shape index (κ3) is 3.39. The summed E-state index contributed by atoms with van der Waals surface area (Å²) in [6.07, 6.45) is -0.937. The Hall–Kier alpha value is -1.27. The van der Waals surface area contributed by atoms with E-state index in [0.717, 1.165) is 11.6 Å². The first kappa shape index (κ1) is 14.1. The van der Waals surface area contributed by atoms with Gasteiger partial charge < -0.3 is 10.2 Å². The van der Waals surface area contributed by atoms with Gasteiger partial charge in [0.15, 0.2) is 0 Å². The summed E-state index contributed by atoms with van der Waals surface area (Å²) < 4.78 is 43.3. The van der Waals surface area contributed by atoms with Gasteiger partial charge in [-0.1, -0.05) is 22.0 Å². The molecular weight excluding hydrogens is 323 g/mol. The topological polar surface area (TPSA) is 39.2 Å². The van der Waals surface area contributed by atoms with E-state index in [9.17, 15) is 13.2 Å². The average Bonchev–Trinajstić information content (AvgIpc) is 2.80. The zero-order chi connectivity index (χ0) is 14.0. The summed E-state index contributed by atoms with van der Waals surface area (Å²) in [7, 11) is 0. The van der Waals surface area contributed by atoms with Crippen molar-refractivity contribution in [3.63, 3.8) is 0 Å². The lowest BCUT2D eigenvalue weighted by Gasteiger charge is -2.15. The smallest absolute Gasteiger partial charge is 0.417 e. The van der Waals surface area contributed by atoms with Crippen molar-refractivity contribution < 1.29 is 17.6 Å². The third-order valence-electron chi connectivity index (χ3n) is 2.76. The van der Waals surface area contributed by atoms with Crippen molar-refractivity contribution in [2.45, 2.75) is 18.6 Å². The van der Waals surface area contributed by atoms with Crippen LogP contribution in [0.2, 0.25) is 0 Å². The van der Waals surface area contributed by atoms with Gasteiger partial charge in [0, 0.05) is 10.5 Å². The van der Waals surface area contributed by atoms with E-state index in [1.54, 1.807) is 12.1 Å². The van der Waals surface area contributed by atoms with Crippen LogP contribution in [-0.2, 0) is 12.6 Å². The van der Waals surface area contributed by atoms with E-state index < -0.39 is 17.8 Å². The van der Waals surface area contributed by atoms with Crippen LogP contribution in [-0.4, -0.2) is 0 Å². The maximum atomic E-state index is 12.8. The number of benzene rings is 1. The van der Waals surface area contributed by atoms with Gasteiger partial charge in [-0.25, -0.2) is 0 Å². The van der Waals surface area contributed by atoms with Crippen LogP contribution in [0.4, 0.5) is 13.2 Å². The number of rotatable bonds is 3. The monoisotopic (exact) mass is 333 g/mol. The second kappa shape index (κ2) is 5.38. The fourth-order valence-corrected chi connectivity index (χ4v) is 2.24. The Kier molecular flexibility index (Phi) is 4.01. The highest BCUT2D eigenvalue weighted by atomic mass is 79.9. The fourth-order valence-electron chi connectivity index (χ4n) is 1.77. The molecule has 1 atom stereocenters. The third-order valence-corrected chi connectivity index (χ3v) is 3.45. The zero-order valence-electron chi connectivity index (χ0n) is 9.75. The molecule has 6 heteroatoms. The van der Waals surface area contributed by atoms with Gasteiger partial charge in [-0.3, -0.25) is 0 Å². The van der Waals surface area contributed by atoms with E-state index in [2.05, 4.69) is 15.9 Å². The van der Waals surface area contributed by atoms with Gasteiger partial charge >= 0.3 is 6.18 Å². The quantitative estimate of drug-likeness (QED) is 0.909. The molecule has 2 rings (SSSR count). The Morgan fingerprint density at radius 2 is 2.00 bits per heavy atom. The fraction of sp³-hybridized carbons (Fsp3) is 0.231. The summed E-state index contributed by atoms with van der Waals surface area (Å²) in [4.78, 5) is 0. The number of hydrogen-bond donors (Lipinski definition) is 1. The van der Waals surface area contributed by atoms with Gasteiger partial charge in [-0.15, -0.1) is 0 Å². The molecule has 0 amide bonds. The van der Waals surface area contributed by atoms with Crippen LogP contribution in [0.25, 0.3) is 0 Å². The molecule has 0 saturated carbocycles. The predicted molar refractivity (Wildman–Crippen MR) is 68.5 cm³/mol. The zero-order valence-corrected chi connectivity index (χ0v) is 11.3. The van der Waals surface area contributed by atoms with Crippen molar-refractivity contribution in [1.82, 2.24) is 0 Å². The number of hydrogen-bond acceptors (Lipinski definition) is 2. The van der Waals surface area contributed by atoms with Crippen LogP contribution in [0.1, 0.15) is 22.7 Å². The number of halogens is 4. The second-order valence-corrected chi connectivity index (χ2v) is 5.03. The second-order valence-electron chi connectivity index (χ2n) is 4.18. The number of nitrogens with two attached hydrogens (primary N) is 1. The lowest BCUT2D eigenvalue weighted by atomic mass is 9.99. The molecule has 0 bridgehead atoms. The Balaban J connectivity index is 2.25. The van der Waals surface area contributed by atoms with Crippen molar-refractivity contribution in [3.8, 4) is 0 Å². The van der Waals surface area contributed by atoms with Crippen LogP contribution in [0.3, 0.4) is 0 Å². The van der Waals surface area contributed by atoms with Crippen LogP contribution in [0.5, 0.6) is 0 Å². The van der Waals surface area contributed by atoms with Gasteiger partial charge in [-0.05, 0) is 35.7 Å². The molecule has 19 heavy (non-hydrogen) atoms. The summed E-state index contributed by atoms with van der Waals surface area (Å²) in [6, 6.07) is 5.27. The number of furan rings is 1. The Morgan fingerprint density at radius 1 is 1.26 bits per heavy atom. The molecule has 2 N–H and O–H groups in total. The molecule has 102 valence electrons. The molecule has 0 spiro atoms. The van der Waals surface area contributed by atoms with Crippen molar-refractivity contribution in [2.24, 2.45) is 5.73 Å². The predicted octanol–water partition coefficient (Wildman–Crippen LogP) is 4.30. The SMILES string of the molecule is NC(Cc1ccoc1)c1ccc(Br)c(C(F)(F)F)c1. The van der Waals surface area contributed by atoms with Crippen LogP contribution in [0, 0.1) is 0 Å². The highest BCUT2D eigenvalue weighted by Crippen LogP contribution is 2.36.